The van der Waals surface area contributed by atoms with E-state index in [2.05, 4.69) is 27.0 Å². The molecule has 0 amide bonds. The predicted octanol–water partition coefficient (Wildman–Crippen LogP) is 3.60. The summed E-state index contributed by atoms with van der Waals surface area (Å²) in [5.74, 6) is 0.383. The Hall–Kier alpha value is -1.86. The topological polar surface area (TPSA) is 45.9 Å². The summed E-state index contributed by atoms with van der Waals surface area (Å²) in [4.78, 5) is 4.23. The van der Waals surface area contributed by atoms with Gasteiger partial charge in [-0.1, -0.05) is 34.1 Å². The fourth-order valence-corrected chi connectivity index (χ4v) is 1.89. The molecule has 1 aromatic heterocycles. The van der Waals surface area contributed by atoms with Crippen molar-refractivity contribution in [3.8, 4) is 11.9 Å². The Balaban J connectivity index is 2.18. The third-order valence-electron chi connectivity index (χ3n) is 2.44. The Morgan fingerprint density at radius 2 is 2.06 bits per heavy atom. The van der Waals surface area contributed by atoms with Crippen LogP contribution in [0, 0.1) is 18.3 Å². The molecule has 0 spiro atoms. The maximum Gasteiger partial charge on any atom is 0.232 e. The van der Waals surface area contributed by atoms with E-state index in [9.17, 15) is 0 Å². The summed E-state index contributed by atoms with van der Waals surface area (Å²) < 4.78 is 6.59. The first-order valence-corrected chi connectivity index (χ1v) is 6.24. The summed E-state index contributed by atoms with van der Waals surface area (Å²) in [6, 6.07) is 13.4. The fourth-order valence-electron chi connectivity index (χ4n) is 1.49. The maximum absolute atomic E-state index is 8.98. The van der Waals surface area contributed by atoms with Crippen LogP contribution in [0.4, 0.5) is 0 Å². The molecular formula is C14H11BrN2O. The van der Waals surface area contributed by atoms with Crippen molar-refractivity contribution in [1.29, 1.82) is 5.26 Å². The predicted molar refractivity (Wildman–Crippen MR) is 72.2 cm³/mol. The van der Waals surface area contributed by atoms with E-state index < -0.39 is 0 Å². The molecule has 0 saturated carbocycles. The molecule has 0 N–H and O–H groups in total. The molecule has 0 bridgehead atoms. The van der Waals surface area contributed by atoms with Gasteiger partial charge in [-0.05, 0) is 25.1 Å². The van der Waals surface area contributed by atoms with Crippen LogP contribution in [0.1, 0.15) is 16.8 Å². The SMILES string of the molecule is Cc1ccc(C#N)c(OCc2ccccc2Br)n1. The second-order valence-corrected chi connectivity index (χ2v) is 4.65. The molecule has 0 atom stereocenters. The number of rotatable bonds is 3. The number of hydrogen-bond acceptors (Lipinski definition) is 3. The Morgan fingerprint density at radius 3 is 2.78 bits per heavy atom. The van der Waals surface area contributed by atoms with Crippen molar-refractivity contribution in [3.63, 3.8) is 0 Å². The van der Waals surface area contributed by atoms with Gasteiger partial charge >= 0.3 is 0 Å². The molecule has 90 valence electrons. The van der Waals surface area contributed by atoms with Crippen LogP contribution in [0.15, 0.2) is 40.9 Å². The Morgan fingerprint density at radius 1 is 1.28 bits per heavy atom. The lowest BCUT2D eigenvalue weighted by molar-refractivity contribution is 0.291. The van der Waals surface area contributed by atoms with Gasteiger partial charge in [0.2, 0.25) is 5.88 Å². The lowest BCUT2D eigenvalue weighted by Crippen LogP contribution is -2.01. The zero-order valence-electron chi connectivity index (χ0n) is 9.85. The summed E-state index contributed by atoms with van der Waals surface area (Å²) in [7, 11) is 0. The standard InChI is InChI=1S/C14H11BrN2O/c1-10-6-7-11(8-16)14(17-10)18-9-12-4-2-3-5-13(12)15/h2-7H,9H2,1H3. The lowest BCUT2D eigenvalue weighted by atomic mass is 10.2. The van der Waals surface area contributed by atoms with Gasteiger partial charge in [-0.15, -0.1) is 0 Å². The average molecular weight is 303 g/mol. The quantitative estimate of drug-likeness (QED) is 0.870. The zero-order valence-corrected chi connectivity index (χ0v) is 11.4. The van der Waals surface area contributed by atoms with E-state index in [1.54, 1.807) is 12.1 Å². The smallest absolute Gasteiger partial charge is 0.232 e. The van der Waals surface area contributed by atoms with E-state index >= 15 is 0 Å². The molecular weight excluding hydrogens is 292 g/mol. The Bertz CT molecular complexity index is 605. The van der Waals surface area contributed by atoms with Crippen LogP contribution >= 0.6 is 15.9 Å². The fraction of sp³-hybridized carbons (Fsp3) is 0.143. The average Bonchev–Trinajstić information content (AvgIpc) is 2.38. The highest BCUT2D eigenvalue weighted by Crippen LogP contribution is 2.20. The first-order valence-electron chi connectivity index (χ1n) is 5.44. The molecule has 3 nitrogen and oxygen atoms in total. The number of pyridine rings is 1. The summed E-state index contributed by atoms with van der Waals surface area (Å²) in [6.45, 7) is 2.25. The minimum absolute atomic E-state index is 0.382. The molecule has 0 unspecified atom stereocenters. The molecule has 0 aliphatic heterocycles. The van der Waals surface area contributed by atoms with Crippen LogP contribution in [-0.2, 0) is 6.61 Å². The third-order valence-corrected chi connectivity index (χ3v) is 3.22. The van der Waals surface area contributed by atoms with Crippen molar-refractivity contribution >= 4 is 15.9 Å². The number of benzene rings is 1. The van der Waals surface area contributed by atoms with E-state index in [1.165, 1.54) is 0 Å². The van der Waals surface area contributed by atoms with Crippen molar-refractivity contribution in [2.24, 2.45) is 0 Å². The van der Waals surface area contributed by atoms with E-state index in [0.717, 1.165) is 15.7 Å². The molecule has 1 aromatic carbocycles. The normalized spacial score (nSPS) is 9.83. The van der Waals surface area contributed by atoms with Crippen LogP contribution in [-0.4, -0.2) is 4.98 Å². The van der Waals surface area contributed by atoms with Gasteiger partial charge in [0.25, 0.3) is 0 Å². The molecule has 0 fully saturated rings. The van der Waals surface area contributed by atoms with Gasteiger partial charge in [0.15, 0.2) is 0 Å². The first-order chi connectivity index (χ1) is 8.70. The molecule has 0 saturated heterocycles. The minimum Gasteiger partial charge on any atom is -0.472 e. The van der Waals surface area contributed by atoms with Crippen molar-refractivity contribution in [2.75, 3.05) is 0 Å². The number of ether oxygens (including phenoxy) is 1. The van der Waals surface area contributed by atoms with Crippen LogP contribution in [0.2, 0.25) is 0 Å². The second kappa shape index (κ2) is 5.65. The van der Waals surface area contributed by atoms with E-state index in [4.69, 9.17) is 10.00 Å². The van der Waals surface area contributed by atoms with Gasteiger partial charge in [0.1, 0.15) is 18.2 Å². The number of aromatic nitrogens is 1. The number of aryl methyl sites for hydroxylation is 1. The van der Waals surface area contributed by atoms with Gasteiger partial charge in [-0.3, -0.25) is 0 Å². The Kier molecular flexibility index (Phi) is 3.96. The Labute approximate surface area is 114 Å². The van der Waals surface area contributed by atoms with Crippen LogP contribution in [0.3, 0.4) is 0 Å². The van der Waals surface area contributed by atoms with Crippen molar-refractivity contribution in [2.45, 2.75) is 13.5 Å². The molecule has 0 radical (unpaired) electrons. The summed E-state index contributed by atoms with van der Waals surface area (Å²) in [5.41, 5.74) is 2.30. The number of hydrogen-bond donors (Lipinski definition) is 0. The molecule has 2 rings (SSSR count). The molecule has 18 heavy (non-hydrogen) atoms. The summed E-state index contributed by atoms with van der Waals surface area (Å²) in [5, 5.41) is 8.98. The highest BCUT2D eigenvalue weighted by Gasteiger charge is 2.06. The number of nitrogens with zero attached hydrogens (tertiary/aromatic N) is 2. The molecule has 0 aliphatic carbocycles. The monoisotopic (exact) mass is 302 g/mol. The van der Waals surface area contributed by atoms with Crippen molar-refractivity contribution in [1.82, 2.24) is 4.98 Å². The number of halogens is 1. The maximum atomic E-state index is 8.98. The van der Waals surface area contributed by atoms with Gasteiger partial charge < -0.3 is 4.74 Å². The molecule has 4 heteroatoms. The van der Waals surface area contributed by atoms with Gasteiger partial charge in [0, 0.05) is 15.7 Å². The van der Waals surface area contributed by atoms with E-state index in [1.807, 2.05) is 31.2 Å². The van der Waals surface area contributed by atoms with Crippen LogP contribution in [0.25, 0.3) is 0 Å². The zero-order chi connectivity index (χ0) is 13.0. The first kappa shape index (κ1) is 12.6. The van der Waals surface area contributed by atoms with Crippen molar-refractivity contribution in [3.05, 3.63) is 57.7 Å². The second-order valence-electron chi connectivity index (χ2n) is 3.80. The summed E-state index contributed by atoms with van der Waals surface area (Å²) >= 11 is 3.45. The molecule has 2 aromatic rings. The number of nitriles is 1. The minimum atomic E-state index is 0.382. The highest BCUT2D eigenvalue weighted by molar-refractivity contribution is 9.10. The third kappa shape index (κ3) is 2.88. The van der Waals surface area contributed by atoms with E-state index in [-0.39, 0.29) is 0 Å². The van der Waals surface area contributed by atoms with Gasteiger partial charge in [-0.25, -0.2) is 4.98 Å². The van der Waals surface area contributed by atoms with Crippen molar-refractivity contribution < 1.29 is 4.74 Å². The highest BCUT2D eigenvalue weighted by atomic mass is 79.9. The van der Waals surface area contributed by atoms with E-state index in [0.29, 0.717) is 18.1 Å². The van der Waals surface area contributed by atoms with Gasteiger partial charge in [-0.2, -0.15) is 5.26 Å². The van der Waals surface area contributed by atoms with Crippen LogP contribution in [0.5, 0.6) is 5.88 Å². The molecule has 0 aliphatic rings. The summed E-state index contributed by atoms with van der Waals surface area (Å²) in [6.07, 6.45) is 0. The lowest BCUT2D eigenvalue weighted by Gasteiger charge is -2.08. The van der Waals surface area contributed by atoms with Gasteiger partial charge in [0.05, 0.1) is 0 Å². The van der Waals surface area contributed by atoms with Crippen LogP contribution < -0.4 is 4.74 Å². The molecule has 1 heterocycles. The largest absolute Gasteiger partial charge is 0.472 e.